The lowest BCUT2D eigenvalue weighted by Gasteiger charge is -2.19. The molecule has 3 aromatic rings. The first-order valence-electron chi connectivity index (χ1n) is 11.4. The van der Waals surface area contributed by atoms with Crippen LogP contribution in [0.2, 0.25) is 0 Å². The molecule has 2 aromatic heterocycles. The molecule has 1 fully saturated rings. The summed E-state index contributed by atoms with van der Waals surface area (Å²) in [5, 5.41) is 20.1. The molecule has 2 heterocycles. The molecular weight excluding hydrogens is 519 g/mol. The number of pyridine rings is 1. The van der Waals surface area contributed by atoms with Gasteiger partial charge in [0, 0.05) is 36.6 Å². The quantitative estimate of drug-likeness (QED) is 0.259. The molecule has 1 amide bonds. The highest BCUT2D eigenvalue weighted by Crippen LogP contribution is 2.35. The van der Waals surface area contributed by atoms with Crippen molar-refractivity contribution < 1.29 is 22.7 Å². The maximum atomic E-state index is 13.5. The van der Waals surface area contributed by atoms with Gasteiger partial charge < -0.3 is 14.7 Å². The van der Waals surface area contributed by atoms with Gasteiger partial charge in [0.1, 0.15) is 0 Å². The summed E-state index contributed by atoms with van der Waals surface area (Å²) in [6.45, 7) is 2.34. The van der Waals surface area contributed by atoms with Gasteiger partial charge in [0.05, 0.1) is 28.7 Å². The number of aryl methyl sites for hydroxylation is 1. The minimum Gasteiger partial charge on any atom is -0.773 e. The van der Waals surface area contributed by atoms with E-state index in [1.807, 2.05) is 0 Å². The number of aromatic nitrogens is 2. The van der Waals surface area contributed by atoms with Gasteiger partial charge in [0.25, 0.3) is 11.5 Å². The molecule has 1 saturated carbocycles. The summed E-state index contributed by atoms with van der Waals surface area (Å²) in [5.41, 5.74) is -1.33. The van der Waals surface area contributed by atoms with Crippen LogP contribution in [0.1, 0.15) is 46.1 Å². The van der Waals surface area contributed by atoms with Gasteiger partial charge in [-0.05, 0) is 43.0 Å². The van der Waals surface area contributed by atoms with Crippen LogP contribution in [0.5, 0.6) is 0 Å². The number of thiazole rings is 1. The van der Waals surface area contributed by atoms with E-state index in [9.17, 15) is 28.2 Å². The van der Waals surface area contributed by atoms with E-state index in [0.717, 1.165) is 46.9 Å². The highest BCUT2D eigenvalue weighted by molar-refractivity contribution is 7.16. The van der Waals surface area contributed by atoms with E-state index in [-0.39, 0.29) is 27.7 Å². The first kappa shape index (κ1) is 26.8. The normalized spacial score (nSPS) is 12.9. The van der Waals surface area contributed by atoms with Crippen LogP contribution in [0, 0.1) is 30.1 Å². The second kappa shape index (κ2) is 10.6. The first-order chi connectivity index (χ1) is 17.9. The smallest absolute Gasteiger partial charge is 0.416 e. The summed E-state index contributed by atoms with van der Waals surface area (Å²) in [6, 6.07) is 4.06. The number of hydrogen-bond acceptors (Lipinski definition) is 6. The lowest BCUT2D eigenvalue weighted by molar-refractivity contribution is -0.137. The van der Waals surface area contributed by atoms with E-state index in [0.29, 0.717) is 16.4 Å². The van der Waals surface area contributed by atoms with E-state index in [1.165, 1.54) is 25.4 Å². The fourth-order valence-electron chi connectivity index (χ4n) is 3.50. The van der Waals surface area contributed by atoms with Crippen LogP contribution < -0.4 is 10.9 Å². The zero-order valence-corrected chi connectivity index (χ0v) is 21.1. The Kier molecular flexibility index (Phi) is 7.50. The average Bonchev–Trinajstić information content (AvgIpc) is 3.55. The number of alkyl halides is 3. The number of benzene rings is 1. The van der Waals surface area contributed by atoms with E-state index in [1.54, 1.807) is 6.92 Å². The van der Waals surface area contributed by atoms with E-state index < -0.39 is 35.6 Å². The molecule has 0 spiro atoms. The number of amides is 1. The van der Waals surface area contributed by atoms with Gasteiger partial charge in [-0.1, -0.05) is 29.2 Å². The summed E-state index contributed by atoms with van der Waals surface area (Å²) in [6.07, 6.45) is 0.157. The molecule has 0 radical (unpaired) electrons. The second-order valence-corrected chi connectivity index (χ2v) is 9.70. The Hall–Kier alpha value is -4.24. The number of carbonyl (C=O) groups excluding carboxylic acids is 1. The highest BCUT2D eigenvalue weighted by atomic mass is 32.1. The van der Waals surface area contributed by atoms with Gasteiger partial charge in [-0.15, -0.1) is 0 Å². The van der Waals surface area contributed by atoms with Crippen molar-refractivity contribution in [2.45, 2.75) is 39.4 Å². The molecule has 1 aromatic carbocycles. The van der Waals surface area contributed by atoms with Gasteiger partial charge in [-0.25, -0.2) is 4.98 Å². The molecule has 0 bridgehead atoms. The number of nitrogens with one attached hydrogen (secondary N) is 2. The van der Waals surface area contributed by atoms with E-state index in [4.69, 9.17) is 10.1 Å². The van der Waals surface area contributed by atoms with Gasteiger partial charge in [0.15, 0.2) is 11.0 Å². The lowest BCUT2D eigenvalue weighted by Crippen LogP contribution is -2.27. The molecule has 0 aliphatic heterocycles. The number of halogens is 3. The Bertz CT molecular complexity index is 1560. The third kappa shape index (κ3) is 6.54. The summed E-state index contributed by atoms with van der Waals surface area (Å²) in [7, 11) is 0. The largest absolute Gasteiger partial charge is 0.773 e. The van der Waals surface area contributed by atoms with Crippen molar-refractivity contribution in [1.82, 2.24) is 9.55 Å². The fraction of sp³-hybridized carbons (Fsp3) is 0.269. The van der Waals surface area contributed by atoms with Crippen molar-refractivity contribution in [3.8, 4) is 23.0 Å². The van der Waals surface area contributed by atoms with Gasteiger partial charge in [0.2, 0.25) is 0 Å². The van der Waals surface area contributed by atoms with Crippen LogP contribution in [0.4, 0.5) is 18.3 Å². The Morgan fingerprint density at radius 1 is 1.32 bits per heavy atom. The molecular formula is C26H21F3N5O3S-. The predicted octanol–water partition coefficient (Wildman–Crippen LogP) is 5.29. The Balaban J connectivity index is 1.75. The minimum atomic E-state index is -4.64. The van der Waals surface area contributed by atoms with Crippen molar-refractivity contribution in [1.29, 1.82) is 5.41 Å². The van der Waals surface area contributed by atoms with Crippen LogP contribution >= 0.6 is 11.3 Å². The monoisotopic (exact) mass is 540 g/mol. The zero-order chi connectivity index (χ0) is 27.6. The standard InChI is InChI=1S/C26H21F3N5O3S/c1-14-3-7-17(26(27,28)29)9-19(14)21-12-34(13-22(31)37-15(2)30)23(35)10-20(21)24(36)33-25-32-11-18(38-25)8-6-16-4-5-16/h3,7,9-12,16,30H,4-5,13H2,1-2H3,(H,32,33,36)/q-1. The number of rotatable bonds is 5. The molecule has 0 saturated heterocycles. The summed E-state index contributed by atoms with van der Waals surface area (Å²) < 4.78 is 46.2. The molecule has 1 aliphatic carbocycles. The number of ether oxygens (including phenoxy) is 1. The SMILES string of the molecule is CC(=N)OC(=[N-])Cn1cc(-c2cc(C(F)(F)F)ccc2C)c(C(=O)Nc2ncc(C#CC3CC3)s2)cc1=O. The highest BCUT2D eigenvalue weighted by Gasteiger charge is 2.31. The fourth-order valence-corrected chi connectivity index (χ4v) is 4.17. The van der Waals surface area contributed by atoms with Gasteiger partial charge in [-0.2, -0.15) is 13.2 Å². The van der Waals surface area contributed by atoms with E-state index in [2.05, 4.69) is 22.1 Å². The topological polar surface area (TPSA) is 119 Å². The third-order valence-corrected chi connectivity index (χ3v) is 6.33. The molecule has 1 aliphatic rings. The summed E-state index contributed by atoms with van der Waals surface area (Å²) in [5.74, 6) is 4.71. The number of hydrogen-bond donors (Lipinski definition) is 2. The maximum Gasteiger partial charge on any atom is 0.416 e. The molecule has 8 nitrogen and oxygen atoms in total. The van der Waals surface area contributed by atoms with Crippen molar-refractivity contribution in [2.24, 2.45) is 5.92 Å². The third-order valence-electron chi connectivity index (χ3n) is 5.51. The van der Waals surface area contributed by atoms with Crippen molar-refractivity contribution in [3.05, 3.63) is 74.0 Å². The maximum absolute atomic E-state index is 13.5. The number of nitrogens with zero attached hydrogens (tertiary/aromatic N) is 3. The molecule has 4 rings (SSSR count). The van der Waals surface area contributed by atoms with Crippen LogP contribution in [0.25, 0.3) is 16.5 Å². The first-order valence-corrected chi connectivity index (χ1v) is 12.2. The van der Waals surface area contributed by atoms with Crippen molar-refractivity contribution in [2.75, 3.05) is 5.32 Å². The van der Waals surface area contributed by atoms with Crippen LogP contribution in [0.15, 0.2) is 41.5 Å². The van der Waals surface area contributed by atoms with Gasteiger partial charge in [-0.3, -0.25) is 20.3 Å². The van der Waals surface area contributed by atoms with Crippen molar-refractivity contribution >= 4 is 34.2 Å². The molecule has 2 N–H and O–H groups in total. The molecule has 0 atom stereocenters. The summed E-state index contributed by atoms with van der Waals surface area (Å²) >= 11 is 1.14. The number of carbonyl (C=O) groups is 1. The minimum absolute atomic E-state index is 0.0235. The predicted molar refractivity (Wildman–Crippen MR) is 138 cm³/mol. The molecule has 0 unspecified atom stereocenters. The van der Waals surface area contributed by atoms with Crippen molar-refractivity contribution in [3.63, 3.8) is 0 Å². The lowest BCUT2D eigenvalue weighted by atomic mass is 9.95. The number of anilines is 1. The average molecular weight is 541 g/mol. The molecule has 38 heavy (non-hydrogen) atoms. The second-order valence-electron chi connectivity index (χ2n) is 8.67. The zero-order valence-electron chi connectivity index (χ0n) is 20.3. The summed E-state index contributed by atoms with van der Waals surface area (Å²) in [4.78, 5) is 30.8. The molecule has 12 heteroatoms. The van der Waals surface area contributed by atoms with Crippen LogP contribution in [0.3, 0.4) is 0 Å². The molecule has 196 valence electrons. The van der Waals surface area contributed by atoms with Crippen LogP contribution in [-0.2, 0) is 17.5 Å². The Labute approximate surface area is 219 Å². The van der Waals surface area contributed by atoms with Crippen LogP contribution in [-0.4, -0.2) is 27.3 Å². The Morgan fingerprint density at radius 2 is 2.05 bits per heavy atom. The van der Waals surface area contributed by atoms with Gasteiger partial charge >= 0.3 is 6.18 Å². The van der Waals surface area contributed by atoms with E-state index >= 15 is 0 Å². The Morgan fingerprint density at radius 3 is 2.71 bits per heavy atom.